The van der Waals surface area contributed by atoms with E-state index in [-0.39, 0.29) is 0 Å². The Balaban J connectivity index is 2.70. The number of anilines is 2. The molecule has 17 heavy (non-hydrogen) atoms. The molecule has 0 aliphatic heterocycles. The molecule has 86 valence electrons. The van der Waals surface area contributed by atoms with Crippen molar-refractivity contribution in [2.45, 2.75) is 13.8 Å². The minimum Gasteiger partial charge on any atom is -0.383 e. The average Bonchev–Trinajstić information content (AvgIpc) is 2.73. The van der Waals surface area contributed by atoms with Gasteiger partial charge in [0.1, 0.15) is 5.82 Å². The molecule has 0 fully saturated rings. The zero-order valence-corrected chi connectivity index (χ0v) is 9.70. The van der Waals surface area contributed by atoms with Gasteiger partial charge in [-0.15, -0.1) is 0 Å². The minimum absolute atomic E-state index is 0.330. The van der Waals surface area contributed by atoms with Gasteiger partial charge in [-0.3, -0.25) is 4.98 Å². The van der Waals surface area contributed by atoms with E-state index in [1.54, 1.807) is 6.20 Å². The lowest BCUT2D eigenvalue weighted by atomic mass is 10.0. The van der Waals surface area contributed by atoms with E-state index < -0.39 is 0 Å². The molecule has 0 aliphatic rings. The summed E-state index contributed by atoms with van der Waals surface area (Å²) in [5.41, 5.74) is 15.8. The van der Waals surface area contributed by atoms with E-state index >= 15 is 0 Å². The highest BCUT2D eigenvalue weighted by Crippen LogP contribution is 2.33. The topological polar surface area (TPSA) is 93.6 Å². The van der Waals surface area contributed by atoms with Gasteiger partial charge in [-0.05, 0) is 31.0 Å². The van der Waals surface area contributed by atoms with Gasteiger partial charge in [0.2, 0.25) is 0 Å². The van der Waals surface area contributed by atoms with Crippen LogP contribution in [0.25, 0.3) is 21.8 Å². The molecular formula is C12H13N5. The number of hydrogen-bond acceptors (Lipinski definition) is 4. The van der Waals surface area contributed by atoms with Crippen LogP contribution in [0.1, 0.15) is 11.1 Å². The predicted molar refractivity (Wildman–Crippen MR) is 69.7 cm³/mol. The molecule has 5 heteroatoms. The number of aromatic amines is 1. The maximum atomic E-state index is 5.96. The summed E-state index contributed by atoms with van der Waals surface area (Å²) in [6.07, 6.45) is 1.78. The maximum Gasteiger partial charge on any atom is 0.199 e. The number of aryl methyl sites for hydroxylation is 2. The molecule has 2 aromatic heterocycles. The number of H-pyrrole nitrogens is 1. The third-order valence-electron chi connectivity index (χ3n) is 3.26. The number of rotatable bonds is 0. The lowest BCUT2D eigenvalue weighted by Crippen LogP contribution is -2.02. The number of hydrogen-bond donors (Lipinski definition) is 3. The van der Waals surface area contributed by atoms with Crippen molar-refractivity contribution < 1.29 is 0 Å². The van der Waals surface area contributed by atoms with Crippen LogP contribution in [0.4, 0.5) is 11.8 Å². The Labute approximate surface area is 97.9 Å². The van der Waals surface area contributed by atoms with Crippen LogP contribution in [0.15, 0.2) is 12.3 Å². The van der Waals surface area contributed by atoms with E-state index in [4.69, 9.17) is 11.5 Å². The van der Waals surface area contributed by atoms with E-state index in [2.05, 4.69) is 15.0 Å². The van der Waals surface area contributed by atoms with Crippen LogP contribution in [0.3, 0.4) is 0 Å². The van der Waals surface area contributed by atoms with Crippen LogP contribution in [0.2, 0.25) is 0 Å². The zero-order valence-electron chi connectivity index (χ0n) is 9.70. The molecule has 0 saturated heterocycles. The molecule has 0 atom stereocenters. The van der Waals surface area contributed by atoms with Crippen molar-refractivity contribution in [2.75, 3.05) is 11.5 Å². The highest BCUT2D eigenvalue weighted by molar-refractivity contribution is 6.12. The van der Waals surface area contributed by atoms with Gasteiger partial charge in [0, 0.05) is 11.6 Å². The first-order valence-electron chi connectivity index (χ1n) is 5.38. The van der Waals surface area contributed by atoms with Crippen LogP contribution < -0.4 is 11.5 Å². The number of nitrogen functional groups attached to an aromatic ring is 2. The summed E-state index contributed by atoms with van der Waals surface area (Å²) < 4.78 is 0. The summed E-state index contributed by atoms with van der Waals surface area (Å²) in [4.78, 5) is 11.5. The van der Waals surface area contributed by atoms with Crippen LogP contribution in [0.5, 0.6) is 0 Å². The predicted octanol–water partition coefficient (Wildman–Crippen LogP) is 1.89. The van der Waals surface area contributed by atoms with Gasteiger partial charge < -0.3 is 16.5 Å². The van der Waals surface area contributed by atoms with E-state index in [1.807, 2.05) is 19.9 Å². The zero-order chi connectivity index (χ0) is 12.2. The highest BCUT2D eigenvalue weighted by atomic mass is 15.0. The number of fused-ring (bicyclic) bond motifs is 3. The molecule has 3 rings (SSSR count). The monoisotopic (exact) mass is 227 g/mol. The Hall–Kier alpha value is -2.30. The Kier molecular flexibility index (Phi) is 1.80. The molecule has 5 N–H and O–H groups in total. The highest BCUT2D eigenvalue weighted by Gasteiger charge is 2.13. The second-order valence-corrected chi connectivity index (χ2v) is 4.21. The summed E-state index contributed by atoms with van der Waals surface area (Å²) >= 11 is 0. The molecule has 0 unspecified atom stereocenters. The van der Waals surface area contributed by atoms with Gasteiger partial charge in [-0.2, -0.15) is 4.98 Å². The fourth-order valence-corrected chi connectivity index (χ4v) is 2.29. The van der Waals surface area contributed by atoms with Crippen molar-refractivity contribution in [3.63, 3.8) is 0 Å². The van der Waals surface area contributed by atoms with Crippen LogP contribution in [-0.4, -0.2) is 15.0 Å². The summed E-state index contributed by atoms with van der Waals surface area (Å²) in [6, 6.07) is 1.95. The van der Waals surface area contributed by atoms with Crippen molar-refractivity contribution >= 4 is 33.6 Å². The van der Waals surface area contributed by atoms with Gasteiger partial charge in [0.05, 0.1) is 16.4 Å². The first-order valence-corrected chi connectivity index (χ1v) is 5.38. The Morgan fingerprint density at radius 3 is 2.71 bits per heavy atom. The number of benzene rings is 1. The summed E-state index contributed by atoms with van der Waals surface area (Å²) in [6.45, 7) is 4.08. The van der Waals surface area contributed by atoms with Gasteiger partial charge in [0.25, 0.3) is 0 Å². The SMILES string of the molecule is Cc1c(C)c2[nH]c(N)nc(N)c2c2ccnc12. The van der Waals surface area contributed by atoms with Crippen LogP contribution in [-0.2, 0) is 0 Å². The molecular weight excluding hydrogens is 214 g/mol. The fraction of sp³-hybridized carbons (Fsp3) is 0.167. The largest absolute Gasteiger partial charge is 0.383 e. The molecule has 2 heterocycles. The molecule has 0 radical (unpaired) electrons. The van der Waals surface area contributed by atoms with E-state index in [1.165, 1.54) is 0 Å². The molecule has 0 bridgehead atoms. The summed E-state index contributed by atoms with van der Waals surface area (Å²) in [7, 11) is 0. The van der Waals surface area contributed by atoms with Crippen molar-refractivity contribution in [3.05, 3.63) is 23.4 Å². The normalized spacial score (nSPS) is 11.4. The molecule has 0 spiro atoms. The van der Waals surface area contributed by atoms with E-state index in [0.717, 1.165) is 32.9 Å². The number of nitrogens with two attached hydrogens (primary N) is 2. The molecule has 1 aromatic carbocycles. The fourth-order valence-electron chi connectivity index (χ4n) is 2.29. The van der Waals surface area contributed by atoms with Gasteiger partial charge >= 0.3 is 0 Å². The van der Waals surface area contributed by atoms with Crippen molar-refractivity contribution in [1.82, 2.24) is 15.0 Å². The number of aromatic nitrogens is 3. The van der Waals surface area contributed by atoms with Crippen molar-refractivity contribution in [1.29, 1.82) is 0 Å². The second-order valence-electron chi connectivity index (χ2n) is 4.21. The smallest absolute Gasteiger partial charge is 0.199 e. The number of nitrogens with one attached hydrogen (secondary N) is 1. The third kappa shape index (κ3) is 1.19. The van der Waals surface area contributed by atoms with Crippen molar-refractivity contribution in [2.24, 2.45) is 0 Å². The molecule has 3 aromatic rings. The third-order valence-corrected chi connectivity index (χ3v) is 3.26. The standard InChI is InChI=1S/C12H13N5/c1-5-6(2)10-8(7-3-4-15-9(5)7)11(13)17-12(14)16-10/h3-4H,13H2,1-2H3,(H3,14,16,17). The maximum absolute atomic E-state index is 5.96. The van der Waals surface area contributed by atoms with Gasteiger partial charge in [0.15, 0.2) is 5.95 Å². The molecule has 0 amide bonds. The second kappa shape index (κ2) is 3.10. The Morgan fingerprint density at radius 1 is 1.18 bits per heavy atom. The van der Waals surface area contributed by atoms with Gasteiger partial charge in [-0.1, -0.05) is 0 Å². The van der Waals surface area contributed by atoms with E-state index in [0.29, 0.717) is 11.8 Å². The lowest BCUT2D eigenvalue weighted by molar-refractivity contribution is 1.23. The Bertz CT molecular complexity index is 742. The molecule has 0 saturated carbocycles. The van der Waals surface area contributed by atoms with Crippen molar-refractivity contribution in [3.8, 4) is 0 Å². The van der Waals surface area contributed by atoms with Crippen LogP contribution >= 0.6 is 0 Å². The summed E-state index contributed by atoms with van der Waals surface area (Å²) in [5, 5.41) is 1.92. The molecule has 0 aliphatic carbocycles. The Morgan fingerprint density at radius 2 is 1.94 bits per heavy atom. The molecule has 5 nitrogen and oxygen atoms in total. The first kappa shape index (κ1) is 9.89. The first-order chi connectivity index (χ1) is 8.09. The quantitative estimate of drug-likeness (QED) is 0.546. The summed E-state index contributed by atoms with van der Waals surface area (Å²) in [5.74, 6) is 0.772. The van der Waals surface area contributed by atoms with Crippen LogP contribution in [0, 0.1) is 13.8 Å². The number of nitrogens with zero attached hydrogens (tertiary/aromatic N) is 2. The van der Waals surface area contributed by atoms with Gasteiger partial charge in [-0.25, -0.2) is 0 Å². The van der Waals surface area contributed by atoms with E-state index in [9.17, 15) is 0 Å². The lowest BCUT2D eigenvalue weighted by Gasteiger charge is -2.10. The minimum atomic E-state index is 0.330. The average molecular weight is 227 g/mol.